The number of carbonyl (C=O) groups is 1. The van der Waals surface area contributed by atoms with E-state index in [1.165, 1.54) is 12.1 Å². The molecule has 2 N–H and O–H groups in total. The molecule has 1 amide bonds. The Morgan fingerprint density at radius 2 is 2.29 bits per heavy atom. The lowest BCUT2D eigenvalue weighted by molar-refractivity contribution is -0.131. The number of amides is 1. The molecule has 1 aromatic heterocycles. The first-order valence-corrected chi connectivity index (χ1v) is 8.42. The maximum absolute atomic E-state index is 13.3. The highest BCUT2D eigenvalue weighted by molar-refractivity contribution is 5.81. The number of likely N-dealkylation sites (N-methyl/N-ethyl adjacent to an activating group) is 1. The molecule has 0 bridgehead atoms. The van der Waals surface area contributed by atoms with E-state index in [1.807, 2.05) is 19.2 Å². The van der Waals surface area contributed by atoms with E-state index in [2.05, 4.69) is 15.5 Å². The first kappa shape index (κ1) is 16.6. The lowest BCUT2D eigenvalue weighted by Crippen LogP contribution is -2.42. The third kappa shape index (κ3) is 4.00. The molecule has 5 nitrogen and oxygen atoms in total. The van der Waals surface area contributed by atoms with Gasteiger partial charge in [0, 0.05) is 24.8 Å². The van der Waals surface area contributed by atoms with Gasteiger partial charge < -0.3 is 10.2 Å². The molecular weight excluding hydrogens is 307 g/mol. The van der Waals surface area contributed by atoms with Gasteiger partial charge in [0.1, 0.15) is 5.82 Å². The second-order valence-corrected chi connectivity index (χ2v) is 6.30. The summed E-state index contributed by atoms with van der Waals surface area (Å²) in [5.41, 5.74) is 2.50. The molecule has 0 aliphatic carbocycles. The van der Waals surface area contributed by atoms with Crippen molar-refractivity contribution in [2.45, 2.75) is 31.7 Å². The molecule has 2 heterocycles. The molecule has 1 fully saturated rings. The molecule has 1 saturated heterocycles. The van der Waals surface area contributed by atoms with Gasteiger partial charge in [0.25, 0.3) is 0 Å². The number of nitrogens with zero attached hydrogens (tertiary/aromatic N) is 2. The zero-order valence-electron chi connectivity index (χ0n) is 13.9. The van der Waals surface area contributed by atoms with Crippen molar-refractivity contribution < 1.29 is 9.18 Å². The lowest BCUT2D eigenvalue weighted by atomic mass is 10.1. The Morgan fingerprint density at radius 3 is 3.04 bits per heavy atom. The van der Waals surface area contributed by atoms with Crippen LogP contribution in [-0.4, -0.2) is 47.2 Å². The van der Waals surface area contributed by atoms with Crippen LogP contribution in [0.1, 0.15) is 25.0 Å². The molecule has 2 aromatic rings. The van der Waals surface area contributed by atoms with E-state index in [4.69, 9.17) is 0 Å². The molecule has 1 atom stereocenters. The maximum Gasteiger partial charge on any atom is 0.239 e. The fourth-order valence-electron chi connectivity index (χ4n) is 3.06. The van der Waals surface area contributed by atoms with Crippen LogP contribution < -0.4 is 5.32 Å². The highest BCUT2D eigenvalue weighted by Gasteiger charge is 2.24. The first-order chi connectivity index (χ1) is 11.6. The first-order valence-electron chi connectivity index (χ1n) is 8.42. The Bertz CT molecular complexity index is 694. The van der Waals surface area contributed by atoms with Gasteiger partial charge in [-0.2, -0.15) is 5.10 Å². The number of aryl methyl sites for hydroxylation is 1. The number of rotatable bonds is 6. The number of aromatic amines is 1. The smallest absolute Gasteiger partial charge is 0.239 e. The lowest BCUT2D eigenvalue weighted by Gasteiger charge is -2.20. The van der Waals surface area contributed by atoms with E-state index in [-0.39, 0.29) is 17.8 Å². The zero-order chi connectivity index (χ0) is 16.9. The van der Waals surface area contributed by atoms with Crippen molar-refractivity contribution >= 4 is 5.91 Å². The van der Waals surface area contributed by atoms with Crippen LogP contribution in [0.25, 0.3) is 11.3 Å². The van der Waals surface area contributed by atoms with Gasteiger partial charge in [-0.1, -0.05) is 12.1 Å². The summed E-state index contributed by atoms with van der Waals surface area (Å²) in [6, 6.07) is 8.33. The zero-order valence-corrected chi connectivity index (χ0v) is 13.9. The summed E-state index contributed by atoms with van der Waals surface area (Å²) in [4.78, 5) is 14.0. The molecule has 1 unspecified atom stereocenters. The minimum Gasteiger partial charge on any atom is -0.344 e. The number of aromatic nitrogens is 2. The van der Waals surface area contributed by atoms with Gasteiger partial charge in [-0.25, -0.2) is 4.39 Å². The summed E-state index contributed by atoms with van der Waals surface area (Å²) in [7, 11) is 1.85. The second kappa shape index (κ2) is 7.57. The molecule has 24 heavy (non-hydrogen) atoms. The fourth-order valence-corrected chi connectivity index (χ4v) is 3.06. The molecule has 0 saturated carbocycles. The molecule has 1 aromatic carbocycles. The topological polar surface area (TPSA) is 61.0 Å². The summed E-state index contributed by atoms with van der Waals surface area (Å²) < 4.78 is 13.3. The van der Waals surface area contributed by atoms with E-state index in [0.717, 1.165) is 49.2 Å². The number of benzene rings is 1. The summed E-state index contributed by atoms with van der Waals surface area (Å²) >= 11 is 0. The van der Waals surface area contributed by atoms with E-state index < -0.39 is 0 Å². The Morgan fingerprint density at radius 1 is 1.42 bits per heavy atom. The highest BCUT2D eigenvalue weighted by atomic mass is 19.1. The van der Waals surface area contributed by atoms with E-state index in [1.54, 1.807) is 11.0 Å². The van der Waals surface area contributed by atoms with Crippen molar-refractivity contribution in [3.63, 3.8) is 0 Å². The molecule has 3 rings (SSSR count). The Balaban J connectivity index is 1.49. The van der Waals surface area contributed by atoms with E-state index in [0.29, 0.717) is 6.54 Å². The van der Waals surface area contributed by atoms with Crippen LogP contribution >= 0.6 is 0 Å². The standard InChI is InChI=1S/C18H23FN4O/c1-23(18(24)16-8-3-9-20-16)10-4-7-15-12-17(22-21-15)13-5-2-6-14(19)11-13/h2,5-6,11-12,16,20H,3-4,7-10H2,1H3,(H,21,22). The molecule has 128 valence electrons. The Labute approximate surface area is 141 Å². The molecule has 0 radical (unpaired) electrons. The van der Waals surface area contributed by atoms with Crippen LogP contribution in [0.4, 0.5) is 4.39 Å². The second-order valence-electron chi connectivity index (χ2n) is 6.30. The van der Waals surface area contributed by atoms with Crippen molar-refractivity contribution in [2.24, 2.45) is 0 Å². The number of halogens is 1. The summed E-state index contributed by atoms with van der Waals surface area (Å²) in [5.74, 6) is -0.0877. The van der Waals surface area contributed by atoms with Crippen LogP contribution in [0.3, 0.4) is 0 Å². The maximum atomic E-state index is 13.3. The van der Waals surface area contributed by atoms with Crippen molar-refractivity contribution in [3.8, 4) is 11.3 Å². The molecule has 1 aliphatic rings. The van der Waals surface area contributed by atoms with E-state index >= 15 is 0 Å². The van der Waals surface area contributed by atoms with Gasteiger partial charge in [0.15, 0.2) is 0 Å². The average molecular weight is 330 g/mol. The van der Waals surface area contributed by atoms with Gasteiger partial charge >= 0.3 is 0 Å². The number of H-pyrrole nitrogens is 1. The third-order valence-electron chi connectivity index (χ3n) is 4.43. The number of hydrogen-bond acceptors (Lipinski definition) is 3. The predicted molar refractivity (Wildman–Crippen MR) is 91.0 cm³/mol. The normalized spacial score (nSPS) is 17.2. The van der Waals surface area contributed by atoms with Gasteiger partial charge in [0.2, 0.25) is 5.91 Å². The van der Waals surface area contributed by atoms with Gasteiger partial charge in [-0.15, -0.1) is 0 Å². The van der Waals surface area contributed by atoms with Crippen molar-refractivity contribution in [2.75, 3.05) is 20.1 Å². The van der Waals surface area contributed by atoms with E-state index in [9.17, 15) is 9.18 Å². The van der Waals surface area contributed by atoms with Gasteiger partial charge in [-0.3, -0.25) is 9.89 Å². The predicted octanol–water partition coefficient (Wildman–Crippen LogP) is 2.36. The van der Waals surface area contributed by atoms with Crippen LogP contribution in [-0.2, 0) is 11.2 Å². The minimum absolute atomic E-state index is 0.0123. The Kier molecular flexibility index (Phi) is 5.25. The average Bonchev–Trinajstić information content (AvgIpc) is 3.26. The van der Waals surface area contributed by atoms with Crippen LogP contribution in [0.2, 0.25) is 0 Å². The molecule has 0 spiro atoms. The third-order valence-corrected chi connectivity index (χ3v) is 4.43. The number of hydrogen-bond donors (Lipinski definition) is 2. The highest BCUT2D eigenvalue weighted by Crippen LogP contribution is 2.19. The fraction of sp³-hybridized carbons (Fsp3) is 0.444. The van der Waals surface area contributed by atoms with Crippen LogP contribution in [0, 0.1) is 5.82 Å². The monoisotopic (exact) mass is 330 g/mol. The SMILES string of the molecule is CN(CCCc1cc(-c2cccc(F)c2)n[nH]1)C(=O)C1CCCN1. The van der Waals surface area contributed by atoms with Crippen molar-refractivity contribution in [1.82, 2.24) is 20.4 Å². The van der Waals surface area contributed by atoms with Crippen molar-refractivity contribution in [1.29, 1.82) is 0 Å². The molecule has 6 heteroatoms. The minimum atomic E-state index is -0.266. The van der Waals surface area contributed by atoms with Crippen LogP contribution in [0.15, 0.2) is 30.3 Å². The van der Waals surface area contributed by atoms with Crippen LogP contribution in [0.5, 0.6) is 0 Å². The summed E-state index contributed by atoms with van der Waals surface area (Å²) in [6.45, 7) is 1.65. The largest absolute Gasteiger partial charge is 0.344 e. The van der Waals surface area contributed by atoms with Gasteiger partial charge in [-0.05, 0) is 50.4 Å². The van der Waals surface area contributed by atoms with Crippen molar-refractivity contribution in [3.05, 3.63) is 41.8 Å². The summed E-state index contributed by atoms with van der Waals surface area (Å²) in [6.07, 6.45) is 3.67. The molecular formula is C18H23FN4O. The molecule has 1 aliphatic heterocycles. The van der Waals surface area contributed by atoms with Gasteiger partial charge in [0.05, 0.1) is 11.7 Å². The Hall–Kier alpha value is -2.21. The number of nitrogens with one attached hydrogen (secondary N) is 2. The summed E-state index contributed by atoms with van der Waals surface area (Å²) in [5, 5.41) is 10.5. The number of carbonyl (C=O) groups excluding carboxylic acids is 1. The quantitative estimate of drug-likeness (QED) is 0.855.